The fraction of sp³-hybridized carbons (Fsp3) is 0.600. The van der Waals surface area contributed by atoms with Gasteiger partial charge in [-0.2, -0.15) is 0 Å². The predicted octanol–water partition coefficient (Wildman–Crippen LogP) is 3.83. The second kappa shape index (κ2) is 5.87. The van der Waals surface area contributed by atoms with Crippen molar-refractivity contribution in [3.8, 4) is 5.75 Å². The molecule has 1 aromatic carbocycles. The molecule has 0 amide bonds. The summed E-state index contributed by atoms with van der Waals surface area (Å²) in [6.45, 7) is 2.16. The van der Waals surface area contributed by atoms with Gasteiger partial charge in [-0.3, -0.25) is 0 Å². The van der Waals surface area contributed by atoms with E-state index in [0.29, 0.717) is 5.92 Å². The Hall–Kier alpha value is -1.16. The number of methoxy groups -OCH3 is 1. The minimum Gasteiger partial charge on any atom is -0.497 e. The summed E-state index contributed by atoms with van der Waals surface area (Å²) >= 11 is 0. The molecule has 19 heavy (non-hydrogen) atoms. The Morgan fingerprint density at radius 3 is 2.16 bits per heavy atom. The summed E-state index contributed by atoms with van der Waals surface area (Å²) in [7, 11) is 1.35. The van der Waals surface area contributed by atoms with Gasteiger partial charge in [-0.05, 0) is 24.7 Å². The van der Waals surface area contributed by atoms with E-state index >= 15 is 0 Å². The number of rotatable bonds is 3. The molecule has 1 unspecified atom stereocenters. The molecular weight excluding hydrogens is 250 g/mol. The second-order valence-electron chi connectivity index (χ2n) is 5.47. The monoisotopic (exact) mass is 270 g/mol. The zero-order valence-electron chi connectivity index (χ0n) is 11.3. The van der Waals surface area contributed by atoms with Crippen LogP contribution >= 0.6 is 0 Å². The second-order valence-corrected chi connectivity index (χ2v) is 5.47. The zero-order chi connectivity index (χ0) is 14.0. The molecule has 0 radical (unpaired) electrons. The van der Waals surface area contributed by atoms with Gasteiger partial charge in [-0.25, -0.2) is 8.78 Å². The third-order valence-electron chi connectivity index (χ3n) is 4.09. The van der Waals surface area contributed by atoms with E-state index in [1.165, 1.54) is 7.11 Å². The van der Waals surface area contributed by atoms with Crippen molar-refractivity contribution >= 4 is 0 Å². The minimum atomic E-state index is -1.07. The molecule has 106 valence electrons. The van der Waals surface area contributed by atoms with E-state index in [-0.39, 0.29) is 17.2 Å². The summed E-state index contributed by atoms with van der Waals surface area (Å²) in [5.74, 6) is -0.767. The van der Waals surface area contributed by atoms with Crippen LogP contribution in [0.4, 0.5) is 8.78 Å². The smallest absolute Gasteiger partial charge is 0.135 e. The molecule has 0 aliphatic heterocycles. The number of ether oxygens (including phenoxy) is 1. The Morgan fingerprint density at radius 2 is 1.68 bits per heavy atom. The van der Waals surface area contributed by atoms with Crippen LogP contribution in [-0.2, 0) is 0 Å². The molecule has 1 aliphatic carbocycles. The molecule has 1 saturated carbocycles. The van der Waals surface area contributed by atoms with Crippen LogP contribution in [-0.4, -0.2) is 12.2 Å². The highest BCUT2D eigenvalue weighted by atomic mass is 19.1. The van der Waals surface area contributed by atoms with Gasteiger partial charge >= 0.3 is 0 Å². The van der Waals surface area contributed by atoms with Crippen LogP contribution in [0.5, 0.6) is 5.75 Å². The van der Waals surface area contributed by atoms with Gasteiger partial charge in [0.1, 0.15) is 17.4 Å². The normalized spacial score (nSPS) is 25.1. The average molecular weight is 270 g/mol. The van der Waals surface area contributed by atoms with E-state index in [2.05, 4.69) is 6.92 Å². The van der Waals surface area contributed by atoms with Crippen molar-refractivity contribution in [2.45, 2.75) is 38.7 Å². The van der Waals surface area contributed by atoms with Gasteiger partial charge in [-0.15, -0.1) is 0 Å². The third-order valence-corrected chi connectivity index (χ3v) is 4.09. The maximum absolute atomic E-state index is 13.9. The fourth-order valence-corrected chi connectivity index (χ4v) is 2.80. The average Bonchev–Trinajstić information content (AvgIpc) is 2.38. The van der Waals surface area contributed by atoms with Gasteiger partial charge in [0.05, 0.1) is 18.8 Å². The van der Waals surface area contributed by atoms with Crippen molar-refractivity contribution in [3.63, 3.8) is 0 Å². The molecule has 0 bridgehead atoms. The first-order valence-corrected chi connectivity index (χ1v) is 6.74. The predicted molar refractivity (Wildman–Crippen MR) is 69.0 cm³/mol. The number of aliphatic hydroxyl groups excluding tert-OH is 1. The topological polar surface area (TPSA) is 29.5 Å². The van der Waals surface area contributed by atoms with Gasteiger partial charge in [-0.1, -0.05) is 19.8 Å². The first kappa shape index (κ1) is 14.3. The molecule has 1 aromatic rings. The number of halogens is 2. The molecule has 2 rings (SSSR count). The van der Waals surface area contributed by atoms with E-state index in [4.69, 9.17) is 4.74 Å². The lowest BCUT2D eigenvalue weighted by Gasteiger charge is -2.30. The molecule has 1 N–H and O–H groups in total. The maximum atomic E-state index is 13.9. The van der Waals surface area contributed by atoms with Crippen molar-refractivity contribution in [2.75, 3.05) is 7.11 Å². The fourth-order valence-electron chi connectivity index (χ4n) is 2.80. The summed E-state index contributed by atoms with van der Waals surface area (Å²) < 4.78 is 32.6. The van der Waals surface area contributed by atoms with Crippen molar-refractivity contribution in [1.29, 1.82) is 0 Å². The van der Waals surface area contributed by atoms with Gasteiger partial charge in [0.2, 0.25) is 0 Å². The lowest BCUT2D eigenvalue weighted by atomic mass is 9.78. The van der Waals surface area contributed by atoms with Crippen LogP contribution < -0.4 is 4.74 Å². The van der Waals surface area contributed by atoms with Gasteiger partial charge < -0.3 is 9.84 Å². The van der Waals surface area contributed by atoms with Crippen LogP contribution in [0.15, 0.2) is 12.1 Å². The number of hydrogen-bond acceptors (Lipinski definition) is 2. The first-order chi connectivity index (χ1) is 9.02. The molecule has 0 heterocycles. The van der Waals surface area contributed by atoms with E-state index in [1.807, 2.05) is 0 Å². The van der Waals surface area contributed by atoms with Crippen molar-refractivity contribution in [3.05, 3.63) is 29.3 Å². The molecule has 0 saturated heterocycles. The summed E-state index contributed by atoms with van der Waals surface area (Å²) in [6.07, 6.45) is 2.56. The van der Waals surface area contributed by atoms with E-state index in [1.54, 1.807) is 0 Å². The SMILES string of the molecule is COc1cc(F)c(C(O)C2CCC(C)CC2)c(F)c1. The van der Waals surface area contributed by atoms with Gasteiger partial charge in [0, 0.05) is 12.1 Å². The zero-order valence-corrected chi connectivity index (χ0v) is 11.3. The minimum absolute atomic E-state index is 0.0615. The van der Waals surface area contributed by atoms with Crippen LogP contribution in [0.3, 0.4) is 0 Å². The number of aliphatic hydroxyl groups is 1. The van der Waals surface area contributed by atoms with Crippen molar-refractivity contribution in [1.82, 2.24) is 0 Å². The lowest BCUT2D eigenvalue weighted by molar-refractivity contribution is 0.0693. The van der Waals surface area contributed by atoms with E-state index < -0.39 is 17.7 Å². The summed E-state index contributed by atoms with van der Waals surface area (Å²) in [5, 5.41) is 10.2. The highest BCUT2D eigenvalue weighted by Gasteiger charge is 2.29. The van der Waals surface area contributed by atoms with Crippen LogP contribution in [0.25, 0.3) is 0 Å². The molecule has 0 spiro atoms. The highest BCUT2D eigenvalue weighted by molar-refractivity contribution is 5.32. The Morgan fingerprint density at radius 1 is 1.16 bits per heavy atom. The quantitative estimate of drug-likeness (QED) is 0.904. The van der Waals surface area contributed by atoms with E-state index in [9.17, 15) is 13.9 Å². The van der Waals surface area contributed by atoms with Crippen LogP contribution in [0.1, 0.15) is 44.3 Å². The highest BCUT2D eigenvalue weighted by Crippen LogP contribution is 2.38. The molecule has 1 fully saturated rings. The Kier molecular flexibility index (Phi) is 4.40. The molecule has 4 heteroatoms. The summed E-state index contributed by atoms with van der Waals surface area (Å²) in [6, 6.07) is 2.24. The van der Waals surface area contributed by atoms with Gasteiger partial charge in [0.15, 0.2) is 0 Å². The number of hydrogen-bond donors (Lipinski definition) is 1. The van der Waals surface area contributed by atoms with Crippen molar-refractivity contribution < 1.29 is 18.6 Å². The number of benzene rings is 1. The maximum Gasteiger partial charge on any atom is 0.135 e. The standard InChI is InChI=1S/C15H20F2O2/c1-9-3-5-10(6-4-9)15(18)14-12(16)7-11(19-2)8-13(14)17/h7-10,15,18H,3-6H2,1-2H3. The van der Waals surface area contributed by atoms with Crippen LogP contribution in [0, 0.1) is 23.5 Å². The van der Waals surface area contributed by atoms with Crippen molar-refractivity contribution in [2.24, 2.45) is 11.8 Å². The van der Waals surface area contributed by atoms with Crippen LogP contribution in [0.2, 0.25) is 0 Å². The Labute approximate surface area is 112 Å². The van der Waals surface area contributed by atoms with E-state index in [0.717, 1.165) is 37.8 Å². The lowest BCUT2D eigenvalue weighted by Crippen LogP contribution is -2.21. The summed E-state index contributed by atoms with van der Waals surface area (Å²) in [4.78, 5) is 0. The molecule has 0 aromatic heterocycles. The Bertz CT molecular complexity index is 417. The third kappa shape index (κ3) is 3.06. The summed E-state index contributed by atoms with van der Waals surface area (Å²) in [5.41, 5.74) is -0.222. The Balaban J connectivity index is 2.21. The largest absolute Gasteiger partial charge is 0.497 e. The molecular formula is C15H20F2O2. The molecule has 2 nitrogen and oxygen atoms in total. The van der Waals surface area contributed by atoms with Gasteiger partial charge in [0.25, 0.3) is 0 Å². The molecule has 1 atom stereocenters. The first-order valence-electron chi connectivity index (χ1n) is 6.74. The molecule has 1 aliphatic rings.